The third kappa shape index (κ3) is 2.79. The average molecular weight is 287 g/mol. The van der Waals surface area contributed by atoms with E-state index in [2.05, 4.69) is 27.1 Å². The predicted molar refractivity (Wildman–Crippen MR) is 87.0 cm³/mol. The summed E-state index contributed by atoms with van der Waals surface area (Å²) in [7, 11) is 0. The van der Waals surface area contributed by atoms with Crippen molar-refractivity contribution in [2.24, 2.45) is 0 Å². The molecular weight excluding hydrogens is 274 g/mol. The molecule has 1 heterocycles. The highest BCUT2D eigenvalue weighted by Crippen LogP contribution is 2.24. The summed E-state index contributed by atoms with van der Waals surface area (Å²) >= 11 is 0. The van der Waals surface area contributed by atoms with Gasteiger partial charge in [0.2, 0.25) is 5.78 Å². The molecule has 3 rings (SSSR count). The van der Waals surface area contributed by atoms with Crippen LogP contribution >= 0.6 is 0 Å². The molecule has 3 aromatic rings. The van der Waals surface area contributed by atoms with Crippen molar-refractivity contribution in [2.45, 2.75) is 6.92 Å². The van der Waals surface area contributed by atoms with Gasteiger partial charge in [-0.25, -0.2) is 9.97 Å². The van der Waals surface area contributed by atoms with Crippen LogP contribution in [0.4, 0.5) is 11.5 Å². The van der Waals surface area contributed by atoms with E-state index in [9.17, 15) is 4.79 Å². The molecule has 4 nitrogen and oxygen atoms in total. The molecule has 0 fully saturated rings. The van der Waals surface area contributed by atoms with Crippen molar-refractivity contribution in [3.05, 3.63) is 60.4 Å². The monoisotopic (exact) mass is 287 g/mol. The maximum Gasteiger partial charge on any atom is 0.235 e. The van der Waals surface area contributed by atoms with E-state index in [0.29, 0.717) is 11.4 Å². The zero-order chi connectivity index (χ0) is 15.4. The lowest BCUT2D eigenvalue weighted by molar-refractivity contribution is 0.105. The number of nitrogens with zero attached hydrogens (tertiary/aromatic N) is 2. The lowest BCUT2D eigenvalue weighted by Gasteiger charge is -2.08. The van der Waals surface area contributed by atoms with Crippen molar-refractivity contribution in [1.82, 2.24) is 9.97 Å². The summed E-state index contributed by atoms with van der Waals surface area (Å²) in [6.45, 7) is 1.64. The largest absolute Gasteiger partial charge is 0.340 e. The molecule has 0 amide bonds. The van der Waals surface area contributed by atoms with Crippen LogP contribution in [-0.4, -0.2) is 15.8 Å². The van der Waals surface area contributed by atoms with Crippen LogP contribution in [0, 0.1) is 11.8 Å². The predicted octanol–water partition coefficient (Wildman–Crippen LogP) is 3.58. The van der Waals surface area contributed by atoms with Crippen LogP contribution in [0.5, 0.6) is 0 Å². The fourth-order valence-corrected chi connectivity index (χ4v) is 2.14. The second-order valence-electron chi connectivity index (χ2n) is 4.65. The number of Topliss-reactive ketones (excluding diaryl/α,β-unsaturated/α-hetero) is 1. The summed E-state index contributed by atoms with van der Waals surface area (Å²) in [5.41, 5.74) is 2.23. The minimum absolute atomic E-state index is 0.209. The zero-order valence-corrected chi connectivity index (χ0v) is 12.0. The number of ketones is 1. The van der Waals surface area contributed by atoms with Gasteiger partial charge in [0.15, 0.2) is 0 Å². The number of carbonyl (C=O) groups is 1. The molecule has 0 saturated heterocycles. The number of para-hydroxylation sites is 1. The van der Waals surface area contributed by atoms with Crippen LogP contribution in [0.15, 0.2) is 54.9 Å². The van der Waals surface area contributed by atoms with Gasteiger partial charge in [-0.15, -0.1) is 0 Å². The van der Waals surface area contributed by atoms with Crippen LogP contribution in [0.1, 0.15) is 17.3 Å². The van der Waals surface area contributed by atoms with Crippen molar-refractivity contribution in [3.63, 3.8) is 0 Å². The first-order chi connectivity index (χ1) is 10.8. The standard InChI is InChI=1S/C18H13N3O/c1-2-6-17(22)13-9-10-16-15(11-13)18(20-12-19-16)21-14-7-4-3-5-8-14/h3-5,7-12H,1H3,(H,19,20,21). The smallest absolute Gasteiger partial charge is 0.235 e. The van der Waals surface area contributed by atoms with Crippen LogP contribution < -0.4 is 5.32 Å². The third-order valence-corrected chi connectivity index (χ3v) is 3.17. The molecule has 0 aliphatic rings. The van der Waals surface area contributed by atoms with Crippen LogP contribution in [0.25, 0.3) is 10.9 Å². The number of nitrogens with one attached hydrogen (secondary N) is 1. The molecule has 0 atom stereocenters. The van der Waals surface area contributed by atoms with Crippen LogP contribution in [0.3, 0.4) is 0 Å². The molecule has 4 heteroatoms. The van der Waals surface area contributed by atoms with E-state index in [-0.39, 0.29) is 5.78 Å². The average Bonchev–Trinajstić information content (AvgIpc) is 2.56. The van der Waals surface area contributed by atoms with E-state index in [1.54, 1.807) is 25.1 Å². The van der Waals surface area contributed by atoms with Crippen molar-refractivity contribution in [1.29, 1.82) is 0 Å². The molecule has 22 heavy (non-hydrogen) atoms. The van der Waals surface area contributed by atoms with Gasteiger partial charge >= 0.3 is 0 Å². The zero-order valence-electron chi connectivity index (χ0n) is 12.0. The normalized spacial score (nSPS) is 9.86. The maximum absolute atomic E-state index is 11.9. The number of anilines is 2. The Hall–Kier alpha value is -3.19. The van der Waals surface area contributed by atoms with Gasteiger partial charge in [-0.05, 0) is 43.2 Å². The van der Waals surface area contributed by atoms with Crippen molar-refractivity contribution in [3.8, 4) is 11.8 Å². The number of benzene rings is 2. The summed E-state index contributed by atoms with van der Waals surface area (Å²) in [5, 5.41) is 4.03. The molecule has 1 aromatic heterocycles. The van der Waals surface area contributed by atoms with Gasteiger partial charge in [0.05, 0.1) is 5.52 Å². The summed E-state index contributed by atoms with van der Waals surface area (Å²) < 4.78 is 0. The fourth-order valence-electron chi connectivity index (χ4n) is 2.14. The lowest BCUT2D eigenvalue weighted by atomic mass is 10.1. The molecular formula is C18H13N3O. The molecule has 0 unspecified atom stereocenters. The van der Waals surface area contributed by atoms with Gasteiger partial charge < -0.3 is 5.32 Å². The van der Waals surface area contributed by atoms with E-state index < -0.39 is 0 Å². The van der Waals surface area contributed by atoms with Gasteiger partial charge in [-0.2, -0.15) is 0 Å². The number of rotatable bonds is 3. The SMILES string of the molecule is CC#CC(=O)c1ccc2ncnc(Nc3ccccc3)c2c1. The Morgan fingerprint density at radius 1 is 1.09 bits per heavy atom. The van der Waals surface area contributed by atoms with Crippen LogP contribution in [-0.2, 0) is 0 Å². The number of hydrogen-bond acceptors (Lipinski definition) is 4. The van der Waals surface area contributed by atoms with Gasteiger partial charge in [0.1, 0.15) is 12.1 Å². The summed E-state index contributed by atoms with van der Waals surface area (Å²) in [4.78, 5) is 20.4. The Morgan fingerprint density at radius 3 is 2.68 bits per heavy atom. The van der Waals surface area contributed by atoms with Crippen molar-refractivity contribution in [2.75, 3.05) is 5.32 Å². The van der Waals surface area contributed by atoms with E-state index in [1.807, 2.05) is 30.3 Å². The Balaban J connectivity index is 2.07. The Kier molecular flexibility index (Phi) is 3.80. The number of fused-ring (bicyclic) bond motifs is 1. The highest BCUT2D eigenvalue weighted by Gasteiger charge is 2.08. The van der Waals surface area contributed by atoms with E-state index in [0.717, 1.165) is 16.6 Å². The third-order valence-electron chi connectivity index (χ3n) is 3.17. The number of aromatic nitrogens is 2. The molecule has 2 aromatic carbocycles. The first-order valence-electron chi connectivity index (χ1n) is 6.82. The molecule has 106 valence electrons. The second-order valence-corrected chi connectivity index (χ2v) is 4.65. The molecule has 0 spiro atoms. The summed E-state index contributed by atoms with van der Waals surface area (Å²) in [6.07, 6.45) is 1.50. The van der Waals surface area contributed by atoms with E-state index >= 15 is 0 Å². The molecule has 0 saturated carbocycles. The second kappa shape index (κ2) is 6.06. The van der Waals surface area contributed by atoms with Crippen molar-refractivity contribution >= 4 is 28.2 Å². The summed E-state index contributed by atoms with van der Waals surface area (Å²) in [6, 6.07) is 15.0. The van der Waals surface area contributed by atoms with E-state index in [4.69, 9.17) is 0 Å². The van der Waals surface area contributed by atoms with Crippen molar-refractivity contribution < 1.29 is 4.79 Å². The first kappa shape index (κ1) is 13.8. The molecule has 0 aliphatic heterocycles. The maximum atomic E-state index is 11.9. The number of carbonyl (C=O) groups excluding carboxylic acids is 1. The minimum atomic E-state index is -0.209. The highest BCUT2D eigenvalue weighted by molar-refractivity contribution is 6.11. The molecule has 1 N–H and O–H groups in total. The molecule has 0 bridgehead atoms. The number of hydrogen-bond donors (Lipinski definition) is 1. The van der Waals surface area contributed by atoms with E-state index in [1.165, 1.54) is 6.33 Å². The van der Waals surface area contributed by atoms with Crippen LogP contribution in [0.2, 0.25) is 0 Å². The Morgan fingerprint density at radius 2 is 1.91 bits per heavy atom. The topological polar surface area (TPSA) is 54.9 Å². The highest BCUT2D eigenvalue weighted by atomic mass is 16.1. The Labute approximate surface area is 128 Å². The molecule has 0 radical (unpaired) electrons. The first-order valence-corrected chi connectivity index (χ1v) is 6.82. The lowest BCUT2D eigenvalue weighted by Crippen LogP contribution is -1.99. The summed E-state index contributed by atoms with van der Waals surface area (Å²) in [5.74, 6) is 5.62. The van der Waals surface area contributed by atoms with Gasteiger partial charge in [0, 0.05) is 16.6 Å². The molecule has 0 aliphatic carbocycles. The fraction of sp³-hybridized carbons (Fsp3) is 0.0556. The minimum Gasteiger partial charge on any atom is -0.340 e. The quantitative estimate of drug-likeness (QED) is 0.454. The Bertz CT molecular complexity index is 892. The van der Waals surface area contributed by atoms with Gasteiger partial charge in [-0.1, -0.05) is 24.1 Å². The van der Waals surface area contributed by atoms with Gasteiger partial charge in [0.25, 0.3) is 0 Å². The van der Waals surface area contributed by atoms with Gasteiger partial charge in [-0.3, -0.25) is 4.79 Å².